The number of hydrogen-bond acceptors (Lipinski definition) is 4. The van der Waals surface area contributed by atoms with Gasteiger partial charge in [-0.2, -0.15) is 0 Å². The molecule has 1 saturated heterocycles. The maximum Gasteiger partial charge on any atom is 0.338 e. The Kier molecular flexibility index (Phi) is 4.55. The van der Waals surface area contributed by atoms with E-state index in [1.165, 1.54) is 20.5 Å². The van der Waals surface area contributed by atoms with Crippen molar-refractivity contribution in [3.63, 3.8) is 0 Å². The first-order chi connectivity index (χ1) is 7.83. The van der Waals surface area contributed by atoms with Crippen molar-refractivity contribution in [2.45, 2.75) is 45.6 Å². The van der Waals surface area contributed by atoms with Gasteiger partial charge in [0.2, 0.25) is 0 Å². The minimum absolute atomic E-state index is 0.361. The van der Waals surface area contributed by atoms with Crippen LogP contribution in [0, 0.1) is 5.41 Å². The van der Waals surface area contributed by atoms with Crippen molar-refractivity contribution in [3.8, 4) is 0 Å². The molecular weight excluding hydrogens is 218 g/mol. The number of β-amino-alcohol motifs (C(OH)–C–C–N with tert-alkyl or cyclic N) is 1. The van der Waals surface area contributed by atoms with Gasteiger partial charge in [-0.05, 0) is 38.3 Å². The first-order valence-corrected chi connectivity index (χ1v) is 6.36. The molecule has 0 aliphatic carbocycles. The molecule has 0 aromatic carbocycles. The van der Waals surface area contributed by atoms with Crippen molar-refractivity contribution >= 4 is 5.97 Å². The molecular formula is C13H25NO3. The second kappa shape index (κ2) is 5.36. The van der Waals surface area contributed by atoms with Gasteiger partial charge in [0.15, 0.2) is 5.60 Å². The lowest BCUT2D eigenvalue weighted by Crippen LogP contribution is -2.50. The first kappa shape index (κ1) is 14.5. The Morgan fingerprint density at radius 1 is 1.47 bits per heavy atom. The molecule has 1 heterocycles. The smallest absolute Gasteiger partial charge is 0.338 e. The Hall–Kier alpha value is -0.610. The van der Waals surface area contributed by atoms with Gasteiger partial charge in [0.25, 0.3) is 0 Å². The maximum absolute atomic E-state index is 11.4. The van der Waals surface area contributed by atoms with Gasteiger partial charge in [-0.1, -0.05) is 20.3 Å². The number of aliphatic hydroxyl groups is 1. The molecule has 17 heavy (non-hydrogen) atoms. The van der Waals surface area contributed by atoms with Crippen LogP contribution in [0.15, 0.2) is 0 Å². The molecule has 0 saturated carbocycles. The van der Waals surface area contributed by atoms with Gasteiger partial charge in [-0.25, -0.2) is 4.79 Å². The van der Waals surface area contributed by atoms with E-state index in [0.29, 0.717) is 12.0 Å². The van der Waals surface area contributed by atoms with Gasteiger partial charge in [-0.3, -0.25) is 4.90 Å². The third-order valence-corrected chi connectivity index (χ3v) is 4.07. The molecule has 0 spiro atoms. The fraction of sp³-hybridized carbons (Fsp3) is 0.923. The van der Waals surface area contributed by atoms with Gasteiger partial charge in [-0.15, -0.1) is 0 Å². The molecule has 0 amide bonds. The molecule has 1 atom stereocenters. The van der Waals surface area contributed by atoms with Gasteiger partial charge >= 0.3 is 5.97 Å². The van der Waals surface area contributed by atoms with Crippen LogP contribution in [0.3, 0.4) is 0 Å². The lowest BCUT2D eigenvalue weighted by atomic mass is 9.78. The number of piperidine rings is 1. The summed E-state index contributed by atoms with van der Waals surface area (Å²) in [5.74, 6) is -0.554. The molecule has 1 rings (SSSR count). The Bertz CT molecular complexity index is 268. The summed E-state index contributed by atoms with van der Waals surface area (Å²) in [7, 11) is 1.31. The molecule has 0 radical (unpaired) electrons. The van der Waals surface area contributed by atoms with Gasteiger partial charge in [0, 0.05) is 6.54 Å². The van der Waals surface area contributed by atoms with Crippen LogP contribution in [0.5, 0.6) is 0 Å². The Morgan fingerprint density at radius 3 is 2.41 bits per heavy atom. The molecule has 100 valence electrons. The lowest BCUT2D eigenvalue weighted by molar-refractivity contribution is -0.162. The highest BCUT2D eigenvalue weighted by Gasteiger charge is 2.36. The van der Waals surface area contributed by atoms with Gasteiger partial charge in [0.1, 0.15) is 0 Å². The topological polar surface area (TPSA) is 49.8 Å². The number of hydrogen-bond donors (Lipinski definition) is 1. The Balaban J connectivity index is 2.48. The number of methoxy groups -OCH3 is 1. The number of ether oxygens (including phenoxy) is 1. The number of carbonyl (C=O) groups is 1. The molecule has 1 N–H and O–H groups in total. The summed E-state index contributed by atoms with van der Waals surface area (Å²) in [6.07, 6.45) is 3.44. The van der Waals surface area contributed by atoms with Crippen LogP contribution in [0.1, 0.15) is 40.0 Å². The molecule has 4 heteroatoms. The van der Waals surface area contributed by atoms with Crippen molar-refractivity contribution < 1.29 is 14.6 Å². The van der Waals surface area contributed by atoms with Crippen LogP contribution in [-0.4, -0.2) is 48.3 Å². The predicted octanol–water partition coefficient (Wildman–Crippen LogP) is 1.42. The van der Waals surface area contributed by atoms with Crippen LogP contribution in [0.4, 0.5) is 0 Å². The fourth-order valence-electron chi connectivity index (χ4n) is 2.32. The number of carbonyl (C=O) groups excluding carboxylic acids is 1. The summed E-state index contributed by atoms with van der Waals surface area (Å²) >= 11 is 0. The standard InChI is InChI=1S/C13H25NO3/c1-5-12(2)6-8-14(9-7-12)10-13(3,16)11(15)17-4/h16H,5-10H2,1-4H3. The van der Waals surface area contributed by atoms with Gasteiger partial charge in [0.05, 0.1) is 7.11 Å². The quantitative estimate of drug-likeness (QED) is 0.759. The predicted molar refractivity (Wildman–Crippen MR) is 66.7 cm³/mol. The molecule has 1 aliphatic rings. The zero-order chi connectivity index (χ0) is 13.1. The minimum Gasteiger partial charge on any atom is -0.467 e. The van der Waals surface area contributed by atoms with E-state index >= 15 is 0 Å². The molecule has 1 fully saturated rings. The molecule has 1 aliphatic heterocycles. The first-order valence-electron chi connectivity index (χ1n) is 6.36. The van der Waals surface area contributed by atoms with Crippen molar-refractivity contribution in [1.29, 1.82) is 0 Å². The van der Waals surface area contributed by atoms with Crippen molar-refractivity contribution in [2.75, 3.05) is 26.7 Å². The van der Waals surface area contributed by atoms with Crippen molar-refractivity contribution in [3.05, 3.63) is 0 Å². The summed E-state index contributed by atoms with van der Waals surface area (Å²) in [5.41, 5.74) is -0.970. The largest absolute Gasteiger partial charge is 0.467 e. The highest BCUT2D eigenvalue weighted by atomic mass is 16.5. The van der Waals surface area contributed by atoms with Crippen molar-refractivity contribution in [1.82, 2.24) is 4.90 Å². The van der Waals surface area contributed by atoms with Crippen LogP contribution in [-0.2, 0) is 9.53 Å². The van der Waals surface area contributed by atoms with E-state index in [1.807, 2.05) is 0 Å². The summed E-state index contributed by atoms with van der Waals surface area (Å²) in [6.45, 7) is 8.30. The molecule has 4 nitrogen and oxygen atoms in total. The average Bonchev–Trinajstić information content (AvgIpc) is 2.31. The van der Waals surface area contributed by atoms with Crippen LogP contribution in [0.2, 0.25) is 0 Å². The minimum atomic E-state index is -1.39. The zero-order valence-corrected chi connectivity index (χ0v) is 11.5. The number of esters is 1. The normalized spacial score (nSPS) is 24.1. The third kappa shape index (κ3) is 3.68. The second-order valence-corrected chi connectivity index (χ2v) is 5.71. The van der Waals surface area contributed by atoms with E-state index in [-0.39, 0.29) is 0 Å². The number of rotatable bonds is 4. The van der Waals surface area contributed by atoms with E-state index < -0.39 is 11.6 Å². The van der Waals surface area contributed by atoms with E-state index in [4.69, 9.17) is 0 Å². The van der Waals surface area contributed by atoms with E-state index in [9.17, 15) is 9.90 Å². The zero-order valence-electron chi connectivity index (χ0n) is 11.5. The fourth-order valence-corrected chi connectivity index (χ4v) is 2.32. The van der Waals surface area contributed by atoms with Crippen LogP contribution < -0.4 is 0 Å². The maximum atomic E-state index is 11.4. The summed E-state index contributed by atoms with van der Waals surface area (Å²) in [4.78, 5) is 13.5. The molecule has 0 bridgehead atoms. The Labute approximate surface area is 104 Å². The average molecular weight is 243 g/mol. The Morgan fingerprint density at radius 2 is 2.00 bits per heavy atom. The van der Waals surface area contributed by atoms with Crippen LogP contribution >= 0.6 is 0 Å². The van der Waals surface area contributed by atoms with Crippen LogP contribution in [0.25, 0.3) is 0 Å². The summed E-state index contributed by atoms with van der Waals surface area (Å²) in [6, 6.07) is 0. The highest BCUT2D eigenvalue weighted by Crippen LogP contribution is 2.34. The number of nitrogens with zero attached hydrogens (tertiary/aromatic N) is 1. The highest BCUT2D eigenvalue weighted by molar-refractivity contribution is 5.78. The van der Waals surface area contributed by atoms with E-state index in [1.54, 1.807) is 0 Å². The molecule has 1 unspecified atom stereocenters. The summed E-state index contributed by atoms with van der Waals surface area (Å²) < 4.78 is 4.60. The molecule has 0 aromatic heterocycles. The third-order valence-electron chi connectivity index (χ3n) is 4.07. The van der Waals surface area contributed by atoms with Gasteiger partial charge < -0.3 is 9.84 Å². The SMILES string of the molecule is CCC1(C)CCN(CC(C)(O)C(=O)OC)CC1. The summed E-state index contributed by atoms with van der Waals surface area (Å²) in [5, 5.41) is 10.0. The van der Waals surface area contributed by atoms with E-state index in [0.717, 1.165) is 25.9 Å². The monoisotopic (exact) mass is 243 g/mol. The molecule has 0 aromatic rings. The van der Waals surface area contributed by atoms with Crippen molar-refractivity contribution in [2.24, 2.45) is 5.41 Å². The van der Waals surface area contributed by atoms with E-state index in [2.05, 4.69) is 23.5 Å². The number of likely N-dealkylation sites (tertiary alicyclic amines) is 1. The lowest BCUT2D eigenvalue weighted by Gasteiger charge is -2.40. The second-order valence-electron chi connectivity index (χ2n) is 5.71.